The quantitative estimate of drug-likeness (QED) is 0.865. The second-order valence-electron chi connectivity index (χ2n) is 7.80. The highest BCUT2D eigenvalue weighted by Gasteiger charge is 2.34. The molecule has 0 saturated heterocycles. The van der Waals surface area contributed by atoms with Crippen LogP contribution in [0.5, 0.6) is 5.75 Å². The first-order valence-corrected chi connectivity index (χ1v) is 9.90. The average molecular weight is 378 g/mol. The van der Waals surface area contributed by atoms with Crippen LogP contribution in [0.4, 0.5) is 5.69 Å². The molecule has 1 N–H and O–H groups in total. The Balaban J connectivity index is 1.37. The van der Waals surface area contributed by atoms with Gasteiger partial charge in [0, 0.05) is 24.7 Å². The van der Waals surface area contributed by atoms with E-state index >= 15 is 0 Å². The maximum atomic E-state index is 12.3. The Morgan fingerprint density at radius 3 is 2.75 bits per heavy atom. The first kappa shape index (κ1) is 18.5. The number of amides is 2. The van der Waals surface area contributed by atoms with Crippen LogP contribution in [0.15, 0.2) is 36.4 Å². The first-order valence-electron chi connectivity index (χ1n) is 9.90. The van der Waals surface area contributed by atoms with Crippen LogP contribution in [0.2, 0.25) is 0 Å². The minimum Gasteiger partial charge on any atom is -0.483 e. The fourth-order valence-corrected chi connectivity index (χ4v) is 3.63. The Morgan fingerprint density at radius 1 is 1.14 bits per heavy atom. The molecule has 1 fully saturated rings. The summed E-state index contributed by atoms with van der Waals surface area (Å²) in [5.74, 6) is 1.06. The second kappa shape index (κ2) is 7.66. The van der Waals surface area contributed by atoms with Gasteiger partial charge in [0.25, 0.3) is 5.91 Å². The van der Waals surface area contributed by atoms with Crippen LogP contribution >= 0.6 is 0 Å². The fraction of sp³-hybridized carbons (Fsp3) is 0.391. The van der Waals surface area contributed by atoms with Crippen LogP contribution in [-0.4, -0.2) is 29.9 Å². The lowest BCUT2D eigenvalue weighted by Crippen LogP contribution is -2.36. The Morgan fingerprint density at radius 2 is 1.96 bits per heavy atom. The molecule has 5 heteroatoms. The van der Waals surface area contributed by atoms with Gasteiger partial charge in [-0.05, 0) is 73.6 Å². The van der Waals surface area contributed by atoms with E-state index < -0.39 is 0 Å². The van der Waals surface area contributed by atoms with E-state index in [4.69, 9.17) is 4.74 Å². The number of fused-ring (bicyclic) bond motifs is 1. The molecule has 2 amide bonds. The number of benzene rings is 2. The summed E-state index contributed by atoms with van der Waals surface area (Å²) >= 11 is 0. The lowest BCUT2D eigenvalue weighted by molar-refractivity contribution is -0.133. The van der Waals surface area contributed by atoms with E-state index in [2.05, 4.69) is 11.4 Å². The zero-order valence-corrected chi connectivity index (χ0v) is 16.5. The fourth-order valence-electron chi connectivity index (χ4n) is 3.63. The molecule has 1 heterocycles. The smallest absolute Gasteiger partial charge is 0.262 e. The number of anilines is 1. The third-order valence-electron chi connectivity index (χ3n) is 5.65. The van der Waals surface area contributed by atoms with Gasteiger partial charge >= 0.3 is 0 Å². The van der Waals surface area contributed by atoms with E-state index in [0.717, 1.165) is 53.9 Å². The number of hydrogen-bond acceptors (Lipinski definition) is 3. The van der Waals surface area contributed by atoms with Gasteiger partial charge in [0.15, 0.2) is 6.61 Å². The molecule has 28 heavy (non-hydrogen) atoms. The van der Waals surface area contributed by atoms with Gasteiger partial charge in [-0.2, -0.15) is 0 Å². The molecule has 1 saturated carbocycles. The van der Waals surface area contributed by atoms with Crippen LogP contribution in [0.25, 0.3) is 0 Å². The summed E-state index contributed by atoms with van der Waals surface area (Å²) in [7, 11) is 0. The Bertz CT molecular complexity index is 918. The van der Waals surface area contributed by atoms with Crippen molar-refractivity contribution in [3.63, 3.8) is 0 Å². The monoisotopic (exact) mass is 378 g/mol. The SMILES string of the molecule is Cc1cccc(OCC(=O)Nc2ccc3c(c2)CN(C(=O)C2CC2)CC3)c1C. The number of carbonyl (C=O) groups excluding carboxylic acids is 2. The van der Waals surface area contributed by atoms with Crippen LogP contribution in [0, 0.1) is 19.8 Å². The summed E-state index contributed by atoms with van der Waals surface area (Å²) in [6, 6.07) is 11.8. The molecule has 4 rings (SSSR count). The molecule has 5 nitrogen and oxygen atoms in total. The number of rotatable bonds is 5. The summed E-state index contributed by atoms with van der Waals surface area (Å²) in [5.41, 5.74) is 5.30. The first-order chi connectivity index (χ1) is 13.5. The van der Waals surface area contributed by atoms with E-state index in [0.29, 0.717) is 6.54 Å². The summed E-state index contributed by atoms with van der Waals surface area (Å²) in [6.45, 7) is 5.39. The lowest BCUT2D eigenvalue weighted by atomic mass is 9.98. The molecule has 0 atom stereocenters. The van der Waals surface area contributed by atoms with Crippen molar-refractivity contribution in [2.45, 2.75) is 39.7 Å². The van der Waals surface area contributed by atoms with Gasteiger partial charge in [-0.15, -0.1) is 0 Å². The third-order valence-corrected chi connectivity index (χ3v) is 5.65. The molecule has 0 bridgehead atoms. The highest BCUT2D eigenvalue weighted by molar-refractivity contribution is 5.92. The second-order valence-corrected chi connectivity index (χ2v) is 7.80. The van der Waals surface area contributed by atoms with Gasteiger partial charge in [0.05, 0.1) is 0 Å². The maximum Gasteiger partial charge on any atom is 0.262 e. The molecular weight excluding hydrogens is 352 g/mol. The van der Waals surface area contributed by atoms with Crippen molar-refractivity contribution in [2.75, 3.05) is 18.5 Å². The standard InChI is InChI=1S/C23H26N2O3/c1-15-4-3-5-21(16(15)2)28-14-22(26)24-20-9-8-17-10-11-25(13-19(17)12-20)23(27)18-6-7-18/h3-5,8-9,12,18H,6-7,10-11,13-14H2,1-2H3,(H,24,26). The van der Waals surface area contributed by atoms with Gasteiger partial charge in [-0.3, -0.25) is 9.59 Å². The topological polar surface area (TPSA) is 58.6 Å². The van der Waals surface area contributed by atoms with Crippen molar-refractivity contribution in [2.24, 2.45) is 5.92 Å². The minimum atomic E-state index is -0.192. The molecule has 2 aliphatic rings. The predicted octanol–water partition coefficient (Wildman–Crippen LogP) is 3.62. The zero-order chi connectivity index (χ0) is 19.7. The normalized spacial score (nSPS) is 15.7. The van der Waals surface area contributed by atoms with Crippen LogP contribution < -0.4 is 10.1 Å². The van der Waals surface area contributed by atoms with Crippen molar-refractivity contribution in [3.8, 4) is 5.75 Å². The van der Waals surface area contributed by atoms with Crippen LogP contribution in [-0.2, 0) is 22.6 Å². The molecule has 146 valence electrons. The van der Waals surface area contributed by atoms with Crippen LogP contribution in [0.1, 0.15) is 35.1 Å². The zero-order valence-electron chi connectivity index (χ0n) is 16.5. The molecule has 2 aromatic carbocycles. The molecule has 1 aliphatic carbocycles. The average Bonchev–Trinajstić information content (AvgIpc) is 3.53. The van der Waals surface area contributed by atoms with E-state index in [1.165, 1.54) is 5.56 Å². The van der Waals surface area contributed by atoms with E-state index in [-0.39, 0.29) is 24.3 Å². The van der Waals surface area contributed by atoms with E-state index in [9.17, 15) is 9.59 Å². The molecule has 0 unspecified atom stereocenters. The molecule has 0 radical (unpaired) electrons. The van der Waals surface area contributed by atoms with Gasteiger partial charge in [-0.25, -0.2) is 0 Å². The Kier molecular flexibility index (Phi) is 5.07. The maximum absolute atomic E-state index is 12.3. The minimum absolute atomic E-state index is 0.0341. The summed E-state index contributed by atoms with van der Waals surface area (Å²) in [6.07, 6.45) is 2.93. The molecule has 1 aliphatic heterocycles. The van der Waals surface area contributed by atoms with E-state index in [1.54, 1.807) is 0 Å². The lowest BCUT2D eigenvalue weighted by Gasteiger charge is -2.29. The number of hydrogen-bond donors (Lipinski definition) is 1. The highest BCUT2D eigenvalue weighted by Crippen LogP contribution is 2.33. The molecule has 0 aromatic heterocycles. The number of nitrogens with zero attached hydrogens (tertiary/aromatic N) is 1. The molecular formula is C23H26N2O3. The summed E-state index contributed by atoms with van der Waals surface area (Å²) in [4.78, 5) is 26.6. The van der Waals surface area contributed by atoms with Gasteiger partial charge in [0.1, 0.15) is 5.75 Å². The third kappa shape index (κ3) is 4.03. The van der Waals surface area contributed by atoms with Crippen molar-refractivity contribution in [3.05, 3.63) is 58.7 Å². The van der Waals surface area contributed by atoms with Crippen molar-refractivity contribution < 1.29 is 14.3 Å². The van der Waals surface area contributed by atoms with Crippen molar-refractivity contribution >= 4 is 17.5 Å². The Labute approximate surface area is 165 Å². The Hall–Kier alpha value is -2.82. The molecule has 2 aromatic rings. The van der Waals surface area contributed by atoms with E-state index in [1.807, 2.05) is 49.1 Å². The van der Waals surface area contributed by atoms with Crippen molar-refractivity contribution in [1.29, 1.82) is 0 Å². The number of ether oxygens (including phenoxy) is 1. The van der Waals surface area contributed by atoms with Gasteiger partial charge < -0.3 is 15.0 Å². The predicted molar refractivity (Wildman–Crippen MR) is 108 cm³/mol. The number of carbonyl (C=O) groups is 2. The van der Waals surface area contributed by atoms with Crippen molar-refractivity contribution in [1.82, 2.24) is 4.90 Å². The van der Waals surface area contributed by atoms with Gasteiger partial charge in [-0.1, -0.05) is 18.2 Å². The number of aryl methyl sites for hydroxylation is 1. The summed E-state index contributed by atoms with van der Waals surface area (Å²) in [5, 5.41) is 2.91. The van der Waals surface area contributed by atoms with Crippen LogP contribution in [0.3, 0.4) is 0 Å². The number of nitrogens with one attached hydrogen (secondary N) is 1. The largest absolute Gasteiger partial charge is 0.483 e. The molecule has 0 spiro atoms. The van der Waals surface area contributed by atoms with Gasteiger partial charge in [0.2, 0.25) is 5.91 Å². The summed E-state index contributed by atoms with van der Waals surface area (Å²) < 4.78 is 5.68. The highest BCUT2D eigenvalue weighted by atomic mass is 16.5.